The normalized spacial score (nSPS) is 17.2. The Bertz CT molecular complexity index is 946. The molecule has 0 spiro atoms. The number of anilines is 1. The van der Waals surface area contributed by atoms with Gasteiger partial charge in [0.2, 0.25) is 11.8 Å². The molecule has 7 heteroatoms. The van der Waals surface area contributed by atoms with Crippen LogP contribution in [0.4, 0.5) is 5.69 Å². The summed E-state index contributed by atoms with van der Waals surface area (Å²) in [5.41, 5.74) is 1.11. The van der Waals surface area contributed by atoms with Crippen LogP contribution in [-0.4, -0.2) is 67.3 Å². The van der Waals surface area contributed by atoms with E-state index >= 15 is 0 Å². The van der Waals surface area contributed by atoms with Crippen LogP contribution in [-0.2, 0) is 9.59 Å². The van der Waals surface area contributed by atoms with E-state index in [2.05, 4.69) is 10.6 Å². The summed E-state index contributed by atoms with van der Waals surface area (Å²) < 4.78 is 0. The molecule has 2 aromatic rings. The standard InChI is InChI=1S/C22H26N4O3/c1-23-20(27)14-25-8-10-26(11-9-25)22(29)18-12-16-4-2-3-5-17(16)13-19(18)24-21(28)15-6-7-15/h2-5,12-13,15H,6-11,14H2,1H3,(H,23,27)(H,24,28). The van der Waals surface area contributed by atoms with Gasteiger partial charge < -0.3 is 15.5 Å². The van der Waals surface area contributed by atoms with Crippen LogP contribution in [0.2, 0.25) is 0 Å². The molecule has 3 amide bonds. The molecule has 1 heterocycles. The third-order valence-corrected chi connectivity index (χ3v) is 5.63. The fourth-order valence-electron chi connectivity index (χ4n) is 3.66. The van der Waals surface area contributed by atoms with Gasteiger partial charge in [0, 0.05) is 39.1 Å². The maximum atomic E-state index is 13.3. The highest BCUT2D eigenvalue weighted by molar-refractivity contribution is 6.08. The van der Waals surface area contributed by atoms with Gasteiger partial charge in [-0.25, -0.2) is 0 Å². The molecule has 0 bridgehead atoms. The van der Waals surface area contributed by atoms with Crippen LogP contribution in [0.15, 0.2) is 36.4 Å². The van der Waals surface area contributed by atoms with Gasteiger partial charge in [0.25, 0.3) is 5.91 Å². The molecule has 2 aromatic carbocycles. The third-order valence-electron chi connectivity index (χ3n) is 5.63. The third kappa shape index (κ3) is 4.40. The Morgan fingerprint density at radius 1 is 1.00 bits per heavy atom. The van der Waals surface area contributed by atoms with Gasteiger partial charge in [-0.3, -0.25) is 19.3 Å². The van der Waals surface area contributed by atoms with Crippen molar-refractivity contribution in [1.82, 2.24) is 15.1 Å². The minimum atomic E-state index is -0.0820. The molecule has 0 unspecified atom stereocenters. The van der Waals surface area contributed by atoms with Crippen LogP contribution in [0.5, 0.6) is 0 Å². The minimum absolute atomic E-state index is 0.00951. The second-order valence-corrected chi connectivity index (χ2v) is 7.75. The molecule has 7 nitrogen and oxygen atoms in total. The zero-order valence-electron chi connectivity index (χ0n) is 16.6. The number of carbonyl (C=O) groups excluding carboxylic acids is 3. The van der Waals surface area contributed by atoms with Crippen molar-refractivity contribution in [3.05, 3.63) is 42.0 Å². The van der Waals surface area contributed by atoms with Gasteiger partial charge >= 0.3 is 0 Å². The van der Waals surface area contributed by atoms with Gasteiger partial charge in [-0.05, 0) is 35.7 Å². The van der Waals surface area contributed by atoms with Crippen molar-refractivity contribution in [2.24, 2.45) is 5.92 Å². The highest BCUT2D eigenvalue weighted by atomic mass is 16.2. The zero-order chi connectivity index (χ0) is 20.4. The SMILES string of the molecule is CNC(=O)CN1CCN(C(=O)c2cc3ccccc3cc2NC(=O)C2CC2)CC1. The maximum Gasteiger partial charge on any atom is 0.256 e. The van der Waals surface area contributed by atoms with Gasteiger partial charge in [-0.2, -0.15) is 0 Å². The zero-order valence-corrected chi connectivity index (χ0v) is 16.6. The van der Waals surface area contributed by atoms with Crippen LogP contribution in [0.25, 0.3) is 10.8 Å². The van der Waals surface area contributed by atoms with Gasteiger partial charge in [-0.1, -0.05) is 24.3 Å². The number of likely N-dealkylation sites (N-methyl/N-ethyl adjacent to an activating group) is 1. The van der Waals surface area contributed by atoms with Crippen molar-refractivity contribution in [3.63, 3.8) is 0 Å². The summed E-state index contributed by atoms with van der Waals surface area (Å²) in [6.45, 7) is 2.75. The average molecular weight is 394 g/mol. The lowest BCUT2D eigenvalue weighted by atomic mass is 10.0. The van der Waals surface area contributed by atoms with E-state index in [9.17, 15) is 14.4 Å². The molecule has 0 radical (unpaired) electrons. The average Bonchev–Trinajstić information content (AvgIpc) is 3.59. The van der Waals surface area contributed by atoms with Crippen LogP contribution in [0.1, 0.15) is 23.2 Å². The van der Waals surface area contributed by atoms with Crippen LogP contribution in [0, 0.1) is 5.92 Å². The molecule has 4 rings (SSSR count). The number of amides is 3. The molecule has 1 aliphatic heterocycles. The molecule has 2 aliphatic rings. The molecule has 1 saturated heterocycles. The summed E-state index contributed by atoms with van der Waals surface area (Å²) >= 11 is 0. The lowest BCUT2D eigenvalue weighted by Gasteiger charge is -2.34. The Balaban J connectivity index is 1.54. The topological polar surface area (TPSA) is 81.8 Å². The second kappa shape index (κ2) is 8.21. The number of carbonyl (C=O) groups is 3. The molecule has 2 fully saturated rings. The summed E-state index contributed by atoms with van der Waals surface area (Å²) in [7, 11) is 1.62. The summed E-state index contributed by atoms with van der Waals surface area (Å²) in [4.78, 5) is 41.1. The van der Waals surface area contributed by atoms with Gasteiger partial charge in [-0.15, -0.1) is 0 Å². The predicted molar refractivity (Wildman–Crippen MR) is 112 cm³/mol. The summed E-state index contributed by atoms with van der Waals surface area (Å²) in [5.74, 6) is -0.0479. The minimum Gasteiger partial charge on any atom is -0.358 e. The van der Waals surface area contributed by atoms with Crippen molar-refractivity contribution in [1.29, 1.82) is 0 Å². The Labute approximate surface area is 170 Å². The molecule has 0 aromatic heterocycles. The van der Waals surface area contributed by atoms with E-state index in [-0.39, 0.29) is 23.6 Å². The van der Waals surface area contributed by atoms with Gasteiger partial charge in [0.15, 0.2) is 0 Å². The van der Waals surface area contributed by atoms with E-state index in [1.54, 1.807) is 11.9 Å². The number of hydrogen-bond donors (Lipinski definition) is 2. The van der Waals surface area contributed by atoms with Gasteiger partial charge in [0.1, 0.15) is 0 Å². The highest BCUT2D eigenvalue weighted by Crippen LogP contribution is 2.32. The van der Waals surface area contributed by atoms with Gasteiger partial charge in [0.05, 0.1) is 17.8 Å². The fraction of sp³-hybridized carbons (Fsp3) is 0.409. The van der Waals surface area contributed by atoms with E-state index in [0.717, 1.165) is 23.6 Å². The van der Waals surface area contributed by atoms with Crippen molar-refractivity contribution in [2.75, 3.05) is 45.1 Å². The Morgan fingerprint density at radius 3 is 2.28 bits per heavy atom. The monoisotopic (exact) mass is 394 g/mol. The summed E-state index contributed by atoms with van der Waals surface area (Å²) in [6.07, 6.45) is 1.83. The lowest BCUT2D eigenvalue weighted by molar-refractivity contribution is -0.122. The number of fused-ring (bicyclic) bond motifs is 1. The largest absolute Gasteiger partial charge is 0.358 e. The number of hydrogen-bond acceptors (Lipinski definition) is 4. The lowest BCUT2D eigenvalue weighted by Crippen LogP contribution is -2.51. The highest BCUT2D eigenvalue weighted by Gasteiger charge is 2.31. The number of rotatable bonds is 5. The molecule has 0 atom stereocenters. The molecule has 29 heavy (non-hydrogen) atoms. The van der Waals surface area contributed by atoms with E-state index in [0.29, 0.717) is 44.0 Å². The first-order valence-corrected chi connectivity index (χ1v) is 10.1. The van der Waals surface area contributed by atoms with Crippen LogP contribution < -0.4 is 10.6 Å². The first-order valence-electron chi connectivity index (χ1n) is 10.1. The number of nitrogens with one attached hydrogen (secondary N) is 2. The predicted octanol–water partition coefficient (Wildman–Crippen LogP) is 1.69. The number of benzene rings is 2. The van der Waals surface area contributed by atoms with Crippen LogP contribution in [0.3, 0.4) is 0 Å². The van der Waals surface area contributed by atoms with E-state index in [1.807, 2.05) is 41.3 Å². The first kappa shape index (κ1) is 19.4. The molecule has 1 aliphatic carbocycles. The first-order chi connectivity index (χ1) is 14.0. The second-order valence-electron chi connectivity index (χ2n) is 7.75. The van der Waals surface area contributed by atoms with Crippen molar-refractivity contribution in [3.8, 4) is 0 Å². The van der Waals surface area contributed by atoms with E-state index in [4.69, 9.17) is 0 Å². The fourth-order valence-corrected chi connectivity index (χ4v) is 3.66. The number of piperazine rings is 1. The Hall–Kier alpha value is -2.93. The van der Waals surface area contributed by atoms with Crippen molar-refractivity contribution < 1.29 is 14.4 Å². The smallest absolute Gasteiger partial charge is 0.256 e. The van der Waals surface area contributed by atoms with Crippen LogP contribution >= 0.6 is 0 Å². The number of nitrogens with zero attached hydrogens (tertiary/aromatic N) is 2. The molecular weight excluding hydrogens is 368 g/mol. The summed E-state index contributed by atoms with van der Waals surface area (Å²) in [6, 6.07) is 11.6. The molecular formula is C22H26N4O3. The Kier molecular flexibility index (Phi) is 5.49. The molecule has 1 saturated carbocycles. The Morgan fingerprint density at radius 2 is 1.66 bits per heavy atom. The van der Waals surface area contributed by atoms with Crippen molar-refractivity contribution >= 4 is 34.2 Å². The quantitative estimate of drug-likeness (QED) is 0.809. The van der Waals surface area contributed by atoms with Crippen molar-refractivity contribution in [2.45, 2.75) is 12.8 Å². The molecule has 2 N–H and O–H groups in total. The molecule has 152 valence electrons. The van der Waals surface area contributed by atoms with E-state index in [1.165, 1.54) is 0 Å². The maximum absolute atomic E-state index is 13.3. The van der Waals surface area contributed by atoms with E-state index < -0.39 is 0 Å². The summed E-state index contributed by atoms with van der Waals surface area (Å²) in [5, 5.41) is 7.57.